The summed E-state index contributed by atoms with van der Waals surface area (Å²) in [6, 6.07) is 1.29. The van der Waals surface area contributed by atoms with Crippen LogP contribution in [0.2, 0.25) is 0 Å². The first-order chi connectivity index (χ1) is 10.2. The molecule has 0 aromatic carbocycles. The van der Waals surface area contributed by atoms with Crippen molar-refractivity contribution in [3.8, 4) is 5.75 Å². The maximum Gasteiger partial charge on any atom is 0.270 e. The lowest BCUT2D eigenvalue weighted by atomic mass is 10.1. The largest absolute Gasteiger partial charge is 0.491 e. The van der Waals surface area contributed by atoms with Gasteiger partial charge in [-0.15, -0.1) is 0 Å². The summed E-state index contributed by atoms with van der Waals surface area (Å²) in [5.41, 5.74) is -0.00710. The number of nitrogens with zero attached hydrogens (tertiary/aromatic N) is 1. The fourth-order valence-electron chi connectivity index (χ4n) is 2.45. The summed E-state index contributed by atoms with van der Waals surface area (Å²) < 4.78 is 10.6. The van der Waals surface area contributed by atoms with Gasteiger partial charge in [0.05, 0.1) is 13.2 Å². The molecule has 6 heteroatoms. The Bertz CT molecular complexity index is 541. The van der Waals surface area contributed by atoms with Crippen LogP contribution in [0.15, 0.2) is 17.1 Å². The highest BCUT2D eigenvalue weighted by molar-refractivity contribution is 5.92. The predicted octanol–water partition coefficient (Wildman–Crippen LogP) is 1.41. The molecule has 1 N–H and O–H groups in total. The monoisotopic (exact) mass is 294 g/mol. The van der Waals surface area contributed by atoms with E-state index in [1.807, 2.05) is 0 Å². The summed E-state index contributed by atoms with van der Waals surface area (Å²) in [7, 11) is 1.42. The molecule has 1 fully saturated rings. The van der Waals surface area contributed by atoms with Crippen LogP contribution < -0.4 is 10.2 Å². The standard InChI is InChI=1S/C15H22N2O4/c1-3-7-21-11-5-4-6-17(10-11)15(19)12-8-13(18)14(20-2)9-16-12/h8-9,11H,3-7,10H2,1-2H3,(H,16,18). The number of aromatic nitrogens is 1. The molecule has 0 aliphatic carbocycles. The van der Waals surface area contributed by atoms with Crippen molar-refractivity contribution >= 4 is 5.91 Å². The number of nitrogens with one attached hydrogen (secondary N) is 1. The number of ether oxygens (including phenoxy) is 2. The maximum atomic E-state index is 12.4. The first-order valence-electron chi connectivity index (χ1n) is 7.33. The molecule has 2 heterocycles. The molecular formula is C15H22N2O4. The molecule has 1 saturated heterocycles. The number of hydrogen-bond acceptors (Lipinski definition) is 4. The summed E-state index contributed by atoms with van der Waals surface area (Å²) in [6.07, 6.45) is 4.37. The first kappa shape index (κ1) is 15.6. The van der Waals surface area contributed by atoms with Crippen molar-refractivity contribution in [3.63, 3.8) is 0 Å². The van der Waals surface area contributed by atoms with E-state index in [4.69, 9.17) is 9.47 Å². The quantitative estimate of drug-likeness (QED) is 0.891. The summed E-state index contributed by atoms with van der Waals surface area (Å²) in [5, 5.41) is 0. The average Bonchev–Trinajstić information content (AvgIpc) is 2.52. The van der Waals surface area contributed by atoms with E-state index in [2.05, 4.69) is 11.9 Å². The van der Waals surface area contributed by atoms with Crippen molar-refractivity contribution in [2.24, 2.45) is 0 Å². The van der Waals surface area contributed by atoms with Crippen molar-refractivity contribution in [1.82, 2.24) is 9.88 Å². The van der Waals surface area contributed by atoms with Crippen molar-refractivity contribution in [1.29, 1.82) is 0 Å². The zero-order valence-electron chi connectivity index (χ0n) is 12.6. The number of likely N-dealkylation sites (tertiary alicyclic amines) is 1. The second-order valence-corrected chi connectivity index (χ2v) is 5.17. The van der Waals surface area contributed by atoms with Crippen LogP contribution >= 0.6 is 0 Å². The van der Waals surface area contributed by atoms with Gasteiger partial charge >= 0.3 is 0 Å². The predicted molar refractivity (Wildman–Crippen MR) is 78.8 cm³/mol. The molecule has 1 aliphatic rings. The Labute approximate surface area is 124 Å². The second-order valence-electron chi connectivity index (χ2n) is 5.17. The fraction of sp³-hybridized carbons (Fsp3) is 0.600. The molecule has 0 bridgehead atoms. The van der Waals surface area contributed by atoms with Gasteiger partial charge in [-0.1, -0.05) is 6.92 Å². The van der Waals surface area contributed by atoms with E-state index in [9.17, 15) is 9.59 Å². The molecule has 1 aliphatic heterocycles. The third-order valence-corrected chi connectivity index (χ3v) is 3.55. The van der Waals surface area contributed by atoms with Crippen LogP contribution in [0.4, 0.5) is 0 Å². The van der Waals surface area contributed by atoms with E-state index in [1.165, 1.54) is 19.4 Å². The van der Waals surface area contributed by atoms with E-state index < -0.39 is 0 Å². The molecule has 1 atom stereocenters. The minimum Gasteiger partial charge on any atom is -0.491 e. The smallest absolute Gasteiger partial charge is 0.270 e. The number of amides is 1. The summed E-state index contributed by atoms with van der Waals surface area (Å²) in [5.74, 6) is 0.0360. The molecule has 6 nitrogen and oxygen atoms in total. The Morgan fingerprint density at radius 1 is 1.52 bits per heavy atom. The molecule has 1 aromatic heterocycles. The van der Waals surface area contributed by atoms with Gasteiger partial charge in [0.25, 0.3) is 5.91 Å². The van der Waals surface area contributed by atoms with Crippen LogP contribution in [-0.4, -0.2) is 48.7 Å². The average molecular weight is 294 g/mol. The number of carbonyl (C=O) groups is 1. The molecule has 0 saturated carbocycles. The number of pyridine rings is 1. The van der Waals surface area contributed by atoms with E-state index in [0.717, 1.165) is 19.3 Å². The number of rotatable bonds is 5. The van der Waals surface area contributed by atoms with Crippen LogP contribution in [0.1, 0.15) is 36.7 Å². The number of hydrogen-bond donors (Lipinski definition) is 1. The topological polar surface area (TPSA) is 71.6 Å². The highest BCUT2D eigenvalue weighted by atomic mass is 16.5. The zero-order valence-corrected chi connectivity index (χ0v) is 12.6. The van der Waals surface area contributed by atoms with Gasteiger partial charge in [-0.3, -0.25) is 9.59 Å². The molecule has 0 radical (unpaired) electrons. The van der Waals surface area contributed by atoms with Gasteiger partial charge in [0.15, 0.2) is 5.75 Å². The van der Waals surface area contributed by atoms with Gasteiger partial charge in [0.1, 0.15) is 5.69 Å². The van der Waals surface area contributed by atoms with E-state index >= 15 is 0 Å². The van der Waals surface area contributed by atoms with E-state index in [1.54, 1.807) is 4.90 Å². The van der Waals surface area contributed by atoms with Gasteiger partial charge < -0.3 is 19.4 Å². The minimum atomic E-state index is -0.296. The molecule has 1 aromatic rings. The van der Waals surface area contributed by atoms with Crippen LogP contribution in [0, 0.1) is 0 Å². The Hall–Kier alpha value is -1.82. The number of aromatic amines is 1. The summed E-state index contributed by atoms with van der Waals surface area (Å²) in [4.78, 5) is 28.7. The maximum absolute atomic E-state index is 12.4. The highest BCUT2D eigenvalue weighted by Gasteiger charge is 2.25. The van der Waals surface area contributed by atoms with Crippen LogP contribution in [0.25, 0.3) is 0 Å². The van der Waals surface area contributed by atoms with Crippen LogP contribution in [-0.2, 0) is 4.74 Å². The van der Waals surface area contributed by atoms with Gasteiger partial charge in [-0.05, 0) is 19.3 Å². The van der Waals surface area contributed by atoms with Crippen molar-refractivity contribution in [2.75, 3.05) is 26.8 Å². The number of piperidine rings is 1. The number of H-pyrrole nitrogens is 1. The number of carbonyl (C=O) groups excluding carboxylic acids is 1. The van der Waals surface area contributed by atoms with E-state index in [-0.39, 0.29) is 28.9 Å². The lowest BCUT2D eigenvalue weighted by molar-refractivity contribution is 0.00192. The van der Waals surface area contributed by atoms with Crippen LogP contribution in [0.5, 0.6) is 5.75 Å². The molecular weight excluding hydrogens is 272 g/mol. The number of methoxy groups -OCH3 is 1. The lowest BCUT2D eigenvalue weighted by Gasteiger charge is -2.32. The molecule has 21 heavy (non-hydrogen) atoms. The Morgan fingerprint density at radius 2 is 2.33 bits per heavy atom. The Kier molecular flexibility index (Phi) is 5.38. The third kappa shape index (κ3) is 3.85. The lowest BCUT2D eigenvalue weighted by Crippen LogP contribution is -2.43. The van der Waals surface area contributed by atoms with Crippen molar-refractivity contribution < 1.29 is 14.3 Å². The van der Waals surface area contributed by atoms with Gasteiger partial charge in [-0.2, -0.15) is 0 Å². The molecule has 116 valence electrons. The Balaban J connectivity index is 2.05. The van der Waals surface area contributed by atoms with E-state index in [0.29, 0.717) is 19.7 Å². The molecule has 0 spiro atoms. The summed E-state index contributed by atoms with van der Waals surface area (Å²) >= 11 is 0. The van der Waals surface area contributed by atoms with Gasteiger partial charge in [0, 0.05) is 32.0 Å². The normalized spacial score (nSPS) is 18.6. The first-order valence-corrected chi connectivity index (χ1v) is 7.33. The molecule has 1 unspecified atom stereocenters. The van der Waals surface area contributed by atoms with Crippen LogP contribution in [0.3, 0.4) is 0 Å². The minimum absolute atomic E-state index is 0.0904. The molecule has 2 rings (SSSR count). The second kappa shape index (κ2) is 7.26. The van der Waals surface area contributed by atoms with Gasteiger partial charge in [-0.25, -0.2) is 0 Å². The van der Waals surface area contributed by atoms with Crippen molar-refractivity contribution in [3.05, 3.63) is 28.2 Å². The highest BCUT2D eigenvalue weighted by Crippen LogP contribution is 2.15. The third-order valence-electron chi connectivity index (χ3n) is 3.55. The Morgan fingerprint density at radius 3 is 3.00 bits per heavy atom. The van der Waals surface area contributed by atoms with Crippen molar-refractivity contribution in [2.45, 2.75) is 32.3 Å². The molecule has 1 amide bonds. The van der Waals surface area contributed by atoms with Gasteiger partial charge in [0.2, 0.25) is 5.43 Å². The SMILES string of the molecule is CCCOC1CCCN(C(=O)c2cc(=O)c(OC)c[nH]2)C1. The summed E-state index contributed by atoms with van der Waals surface area (Å²) in [6.45, 7) is 4.05. The zero-order chi connectivity index (χ0) is 15.2. The fourth-order valence-corrected chi connectivity index (χ4v) is 2.45.